The van der Waals surface area contributed by atoms with Gasteiger partial charge in [-0.25, -0.2) is 0 Å². The Morgan fingerprint density at radius 3 is 3.00 bits per heavy atom. The fraction of sp³-hybridized carbons (Fsp3) is 0.875. The number of hydrogen-bond donors (Lipinski definition) is 0. The standard InChI is InChI=1S/C8H14ClNO/c1-7(11)10-4-2-3-8(5-9)6-10/h8H,2-6H2,1H3/t8-/m1/s1. The minimum absolute atomic E-state index is 0.180. The summed E-state index contributed by atoms with van der Waals surface area (Å²) in [7, 11) is 0. The third kappa shape index (κ3) is 2.37. The molecule has 1 aliphatic heterocycles. The molecule has 11 heavy (non-hydrogen) atoms. The molecule has 1 heterocycles. The van der Waals surface area contributed by atoms with Crippen molar-refractivity contribution in [2.24, 2.45) is 5.92 Å². The van der Waals surface area contributed by atoms with Crippen molar-refractivity contribution in [1.29, 1.82) is 0 Å². The van der Waals surface area contributed by atoms with Crippen molar-refractivity contribution >= 4 is 17.5 Å². The lowest BCUT2D eigenvalue weighted by atomic mass is 10.0. The van der Waals surface area contributed by atoms with E-state index in [-0.39, 0.29) is 5.91 Å². The lowest BCUT2D eigenvalue weighted by molar-refractivity contribution is -0.130. The highest BCUT2D eigenvalue weighted by Gasteiger charge is 2.20. The van der Waals surface area contributed by atoms with Gasteiger partial charge in [0.1, 0.15) is 0 Å². The number of carbonyl (C=O) groups excluding carboxylic acids is 1. The highest BCUT2D eigenvalue weighted by molar-refractivity contribution is 6.18. The van der Waals surface area contributed by atoms with Crippen LogP contribution in [-0.2, 0) is 4.79 Å². The number of piperidine rings is 1. The van der Waals surface area contributed by atoms with Gasteiger partial charge in [-0.1, -0.05) is 0 Å². The van der Waals surface area contributed by atoms with Gasteiger partial charge < -0.3 is 4.90 Å². The molecule has 0 N–H and O–H groups in total. The maximum Gasteiger partial charge on any atom is 0.219 e. The minimum atomic E-state index is 0.180. The normalized spacial score (nSPS) is 25.3. The summed E-state index contributed by atoms with van der Waals surface area (Å²) < 4.78 is 0. The molecule has 1 atom stereocenters. The maximum atomic E-state index is 10.9. The van der Waals surface area contributed by atoms with Gasteiger partial charge >= 0.3 is 0 Å². The molecule has 1 rings (SSSR count). The number of hydrogen-bond acceptors (Lipinski definition) is 1. The molecule has 0 spiro atoms. The largest absolute Gasteiger partial charge is 0.343 e. The third-order valence-electron chi connectivity index (χ3n) is 2.18. The summed E-state index contributed by atoms with van der Waals surface area (Å²) >= 11 is 5.71. The molecule has 1 aliphatic rings. The molecule has 0 aliphatic carbocycles. The van der Waals surface area contributed by atoms with Gasteiger partial charge in [0.2, 0.25) is 5.91 Å². The summed E-state index contributed by atoms with van der Waals surface area (Å²) in [5.74, 6) is 1.39. The number of alkyl halides is 1. The molecular formula is C8H14ClNO. The zero-order chi connectivity index (χ0) is 8.27. The van der Waals surface area contributed by atoms with Crippen LogP contribution in [0.1, 0.15) is 19.8 Å². The molecule has 3 heteroatoms. The fourth-order valence-corrected chi connectivity index (χ4v) is 1.73. The summed E-state index contributed by atoms with van der Waals surface area (Å²) in [5, 5.41) is 0. The first-order valence-electron chi connectivity index (χ1n) is 4.05. The molecule has 0 aromatic heterocycles. The molecule has 0 aromatic rings. The summed E-state index contributed by atoms with van der Waals surface area (Å²) in [4.78, 5) is 12.8. The Morgan fingerprint density at radius 2 is 2.45 bits per heavy atom. The first kappa shape index (κ1) is 8.85. The quantitative estimate of drug-likeness (QED) is 0.553. The maximum absolute atomic E-state index is 10.9. The van der Waals surface area contributed by atoms with E-state index in [1.165, 1.54) is 6.42 Å². The molecule has 64 valence electrons. The van der Waals surface area contributed by atoms with Crippen LogP contribution >= 0.6 is 11.6 Å². The monoisotopic (exact) mass is 175 g/mol. The Hall–Kier alpha value is -0.240. The Bertz CT molecular complexity index is 149. The zero-order valence-corrected chi connectivity index (χ0v) is 7.60. The second-order valence-corrected chi connectivity index (χ2v) is 3.44. The molecule has 2 nitrogen and oxygen atoms in total. The molecule has 1 amide bonds. The highest BCUT2D eigenvalue weighted by Crippen LogP contribution is 2.17. The summed E-state index contributed by atoms with van der Waals surface area (Å²) in [6, 6.07) is 0. The summed E-state index contributed by atoms with van der Waals surface area (Å²) in [5.41, 5.74) is 0. The smallest absolute Gasteiger partial charge is 0.219 e. The molecule has 0 unspecified atom stereocenters. The van der Waals surface area contributed by atoms with E-state index >= 15 is 0 Å². The van der Waals surface area contributed by atoms with Crippen molar-refractivity contribution in [1.82, 2.24) is 4.90 Å². The predicted molar refractivity (Wildman–Crippen MR) is 45.7 cm³/mol. The number of likely N-dealkylation sites (tertiary alicyclic amines) is 1. The molecule has 1 saturated heterocycles. The third-order valence-corrected chi connectivity index (χ3v) is 2.62. The molecule has 0 bridgehead atoms. The van der Waals surface area contributed by atoms with E-state index in [0.717, 1.165) is 19.5 Å². The van der Waals surface area contributed by atoms with Gasteiger partial charge in [-0.2, -0.15) is 0 Å². The number of nitrogens with zero attached hydrogens (tertiary/aromatic N) is 1. The Labute approximate surface area is 72.5 Å². The Balaban J connectivity index is 2.39. The average molecular weight is 176 g/mol. The van der Waals surface area contributed by atoms with E-state index in [9.17, 15) is 4.79 Å². The Morgan fingerprint density at radius 1 is 1.73 bits per heavy atom. The van der Waals surface area contributed by atoms with E-state index in [2.05, 4.69) is 0 Å². The fourth-order valence-electron chi connectivity index (χ4n) is 1.48. The first-order valence-corrected chi connectivity index (χ1v) is 4.59. The molecule has 0 radical (unpaired) electrons. The predicted octanol–water partition coefficient (Wildman–Crippen LogP) is 1.48. The molecular weight excluding hydrogens is 162 g/mol. The van der Waals surface area contributed by atoms with Crippen LogP contribution in [0.3, 0.4) is 0 Å². The number of amides is 1. The van der Waals surface area contributed by atoms with Crippen molar-refractivity contribution in [2.45, 2.75) is 19.8 Å². The second-order valence-electron chi connectivity index (χ2n) is 3.13. The first-order chi connectivity index (χ1) is 5.24. The van der Waals surface area contributed by atoms with Crippen molar-refractivity contribution < 1.29 is 4.79 Å². The van der Waals surface area contributed by atoms with Crippen LogP contribution < -0.4 is 0 Å². The lowest BCUT2D eigenvalue weighted by Crippen LogP contribution is -2.39. The highest BCUT2D eigenvalue weighted by atomic mass is 35.5. The van der Waals surface area contributed by atoms with Crippen LogP contribution in [0.25, 0.3) is 0 Å². The average Bonchev–Trinajstić information content (AvgIpc) is 2.05. The van der Waals surface area contributed by atoms with Crippen molar-refractivity contribution in [3.05, 3.63) is 0 Å². The van der Waals surface area contributed by atoms with Gasteiger partial charge in [0, 0.05) is 25.9 Å². The second kappa shape index (κ2) is 3.96. The topological polar surface area (TPSA) is 20.3 Å². The van der Waals surface area contributed by atoms with Crippen LogP contribution in [0.4, 0.5) is 0 Å². The van der Waals surface area contributed by atoms with Gasteiger partial charge in [0.25, 0.3) is 0 Å². The number of halogens is 1. The van der Waals surface area contributed by atoms with Crippen LogP contribution in [0.2, 0.25) is 0 Å². The lowest BCUT2D eigenvalue weighted by Gasteiger charge is -2.30. The van der Waals surface area contributed by atoms with E-state index in [0.29, 0.717) is 11.8 Å². The van der Waals surface area contributed by atoms with Gasteiger partial charge in [0.15, 0.2) is 0 Å². The SMILES string of the molecule is CC(=O)N1CCC[C@H](CCl)C1. The van der Waals surface area contributed by atoms with Gasteiger partial charge in [-0.05, 0) is 18.8 Å². The van der Waals surface area contributed by atoms with Crippen LogP contribution in [-0.4, -0.2) is 29.8 Å². The van der Waals surface area contributed by atoms with E-state index in [1.807, 2.05) is 4.90 Å². The van der Waals surface area contributed by atoms with E-state index < -0.39 is 0 Å². The van der Waals surface area contributed by atoms with Gasteiger partial charge in [-0.3, -0.25) is 4.79 Å². The van der Waals surface area contributed by atoms with Crippen LogP contribution in [0.15, 0.2) is 0 Å². The zero-order valence-electron chi connectivity index (χ0n) is 6.85. The number of rotatable bonds is 1. The van der Waals surface area contributed by atoms with E-state index in [4.69, 9.17) is 11.6 Å². The van der Waals surface area contributed by atoms with Crippen molar-refractivity contribution in [2.75, 3.05) is 19.0 Å². The van der Waals surface area contributed by atoms with Gasteiger partial charge in [0.05, 0.1) is 0 Å². The Kier molecular flexibility index (Phi) is 3.18. The summed E-state index contributed by atoms with van der Waals surface area (Å²) in [6.45, 7) is 3.40. The molecule has 0 aromatic carbocycles. The molecule has 1 fully saturated rings. The van der Waals surface area contributed by atoms with Gasteiger partial charge in [-0.15, -0.1) is 11.6 Å². The van der Waals surface area contributed by atoms with Crippen LogP contribution in [0.5, 0.6) is 0 Å². The van der Waals surface area contributed by atoms with Crippen LogP contribution in [0, 0.1) is 5.92 Å². The number of carbonyl (C=O) groups is 1. The van der Waals surface area contributed by atoms with E-state index in [1.54, 1.807) is 6.92 Å². The summed E-state index contributed by atoms with van der Waals surface area (Å²) in [6.07, 6.45) is 2.28. The van der Waals surface area contributed by atoms with Crippen molar-refractivity contribution in [3.63, 3.8) is 0 Å². The molecule has 0 saturated carbocycles. The minimum Gasteiger partial charge on any atom is -0.343 e. The van der Waals surface area contributed by atoms with Crippen molar-refractivity contribution in [3.8, 4) is 0 Å².